The van der Waals surface area contributed by atoms with Crippen molar-refractivity contribution in [3.05, 3.63) is 53.1 Å². The number of carbonyl (C=O) groups is 1. The summed E-state index contributed by atoms with van der Waals surface area (Å²) in [5.74, 6) is -0.0824. The zero-order valence-electron chi connectivity index (χ0n) is 14.1. The van der Waals surface area contributed by atoms with Crippen LogP contribution in [0.3, 0.4) is 0 Å². The number of benzene rings is 2. The zero-order valence-corrected chi connectivity index (χ0v) is 15.6. The van der Waals surface area contributed by atoms with Gasteiger partial charge in [-0.25, -0.2) is 8.42 Å². The van der Waals surface area contributed by atoms with Crippen molar-refractivity contribution >= 4 is 38.9 Å². The van der Waals surface area contributed by atoms with Crippen molar-refractivity contribution < 1.29 is 17.9 Å². The molecule has 0 aromatic heterocycles. The molecular weight excluding hydrogens is 378 g/mol. The first-order valence-corrected chi connectivity index (χ1v) is 9.58. The molecule has 0 heterocycles. The molecule has 0 bridgehead atoms. The van der Waals surface area contributed by atoms with Gasteiger partial charge in [-0.15, -0.1) is 0 Å². The average Bonchev–Trinajstić information content (AvgIpc) is 2.59. The number of nitrogens with zero attached hydrogens (tertiary/aromatic N) is 2. The highest BCUT2D eigenvalue weighted by Gasteiger charge is 2.21. The number of amides is 1. The summed E-state index contributed by atoms with van der Waals surface area (Å²) in [6.45, 7) is -0.422. The van der Waals surface area contributed by atoms with Crippen LogP contribution in [0.2, 0.25) is 5.02 Å². The molecule has 0 aliphatic carbocycles. The summed E-state index contributed by atoms with van der Waals surface area (Å²) in [6, 6.07) is 12.5. The Morgan fingerprint density at radius 3 is 2.42 bits per heavy atom. The van der Waals surface area contributed by atoms with Crippen LogP contribution in [0.4, 0.5) is 11.4 Å². The largest absolute Gasteiger partial charge is 0.495 e. The van der Waals surface area contributed by atoms with E-state index in [1.54, 1.807) is 12.1 Å². The van der Waals surface area contributed by atoms with Gasteiger partial charge in [-0.2, -0.15) is 5.26 Å². The normalized spacial score (nSPS) is 10.7. The predicted molar refractivity (Wildman–Crippen MR) is 100.0 cm³/mol. The number of carbonyl (C=O) groups excluding carboxylic acids is 1. The van der Waals surface area contributed by atoms with Crippen LogP contribution in [0.1, 0.15) is 5.56 Å². The molecule has 2 aromatic carbocycles. The summed E-state index contributed by atoms with van der Waals surface area (Å²) >= 11 is 6.01. The van der Waals surface area contributed by atoms with Crippen molar-refractivity contribution in [2.45, 2.75) is 0 Å². The Bertz CT molecular complexity index is 953. The third kappa shape index (κ3) is 4.88. The number of rotatable bonds is 6. The first-order chi connectivity index (χ1) is 12.2. The van der Waals surface area contributed by atoms with Gasteiger partial charge in [-0.3, -0.25) is 9.10 Å². The standard InChI is InChI=1S/C17H16ClN3O4S/c1-25-16-8-5-13(9-15(16)18)20-17(22)11-21(26(2,23)24)14-6-3-12(10-19)4-7-14/h3-9H,11H2,1-2H3,(H,20,22). The minimum Gasteiger partial charge on any atom is -0.495 e. The quantitative estimate of drug-likeness (QED) is 0.813. The molecule has 26 heavy (non-hydrogen) atoms. The van der Waals surface area contributed by atoms with Crippen LogP contribution in [0.25, 0.3) is 0 Å². The van der Waals surface area contributed by atoms with Crippen molar-refractivity contribution in [1.82, 2.24) is 0 Å². The van der Waals surface area contributed by atoms with Gasteiger partial charge in [0.25, 0.3) is 0 Å². The molecular formula is C17H16ClN3O4S. The van der Waals surface area contributed by atoms with E-state index in [1.165, 1.54) is 37.4 Å². The molecule has 0 radical (unpaired) electrons. The fourth-order valence-corrected chi connectivity index (χ4v) is 3.29. The fourth-order valence-electron chi connectivity index (χ4n) is 2.18. The van der Waals surface area contributed by atoms with Crippen molar-refractivity contribution in [1.29, 1.82) is 5.26 Å². The van der Waals surface area contributed by atoms with Gasteiger partial charge in [0.1, 0.15) is 12.3 Å². The Hall–Kier alpha value is -2.76. The lowest BCUT2D eigenvalue weighted by atomic mass is 10.2. The highest BCUT2D eigenvalue weighted by Crippen LogP contribution is 2.27. The molecule has 0 unspecified atom stereocenters. The summed E-state index contributed by atoms with van der Waals surface area (Å²) in [6.07, 6.45) is 1.00. The Labute approximate surface area is 156 Å². The summed E-state index contributed by atoms with van der Waals surface area (Å²) in [7, 11) is -2.23. The molecule has 7 nitrogen and oxygen atoms in total. The number of hydrogen-bond acceptors (Lipinski definition) is 5. The Morgan fingerprint density at radius 1 is 1.27 bits per heavy atom. The summed E-state index contributed by atoms with van der Waals surface area (Å²) in [5.41, 5.74) is 1.09. The molecule has 0 fully saturated rings. The van der Waals surface area contributed by atoms with E-state index in [2.05, 4.69) is 5.32 Å². The van der Waals surface area contributed by atoms with Gasteiger partial charge in [0.15, 0.2) is 0 Å². The van der Waals surface area contributed by atoms with E-state index in [0.29, 0.717) is 22.0 Å². The second-order valence-corrected chi connectivity index (χ2v) is 7.64. The molecule has 136 valence electrons. The maximum absolute atomic E-state index is 12.3. The van der Waals surface area contributed by atoms with E-state index < -0.39 is 22.5 Å². The van der Waals surface area contributed by atoms with Gasteiger partial charge in [-0.05, 0) is 42.5 Å². The van der Waals surface area contributed by atoms with E-state index >= 15 is 0 Å². The van der Waals surface area contributed by atoms with Gasteiger partial charge in [0.2, 0.25) is 15.9 Å². The molecule has 2 aromatic rings. The van der Waals surface area contributed by atoms with Crippen LogP contribution in [0.5, 0.6) is 5.75 Å². The topological polar surface area (TPSA) is 99.5 Å². The van der Waals surface area contributed by atoms with Gasteiger partial charge >= 0.3 is 0 Å². The molecule has 1 amide bonds. The number of sulfonamides is 1. The van der Waals surface area contributed by atoms with Crippen molar-refractivity contribution in [3.8, 4) is 11.8 Å². The Morgan fingerprint density at radius 2 is 1.92 bits per heavy atom. The first-order valence-electron chi connectivity index (χ1n) is 7.36. The monoisotopic (exact) mass is 393 g/mol. The van der Waals surface area contributed by atoms with Gasteiger partial charge in [-0.1, -0.05) is 11.6 Å². The third-order valence-corrected chi connectivity index (χ3v) is 4.84. The number of nitrogens with one attached hydrogen (secondary N) is 1. The number of anilines is 2. The number of methoxy groups -OCH3 is 1. The van der Waals surface area contributed by atoms with E-state index in [4.69, 9.17) is 21.6 Å². The lowest BCUT2D eigenvalue weighted by Gasteiger charge is -2.22. The fraction of sp³-hybridized carbons (Fsp3) is 0.176. The van der Waals surface area contributed by atoms with Crippen molar-refractivity contribution in [2.24, 2.45) is 0 Å². The lowest BCUT2D eigenvalue weighted by Crippen LogP contribution is -2.37. The minimum atomic E-state index is -3.70. The molecule has 1 N–H and O–H groups in total. The Kier molecular flexibility index (Phi) is 6.08. The van der Waals surface area contributed by atoms with Crippen LogP contribution in [-0.4, -0.2) is 34.2 Å². The second-order valence-electron chi connectivity index (χ2n) is 5.33. The summed E-state index contributed by atoms with van der Waals surface area (Å²) in [4.78, 5) is 12.3. The van der Waals surface area contributed by atoms with Crippen molar-refractivity contribution in [3.63, 3.8) is 0 Å². The molecule has 0 aliphatic heterocycles. The molecule has 2 rings (SSSR count). The zero-order chi connectivity index (χ0) is 19.3. The van der Waals surface area contributed by atoms with Gasteiger partial charge < -0.3 is 10.1 Å². The Balaban J connectivity index is 2.19. The van der Waals surface area contributed by atoms with Crippen LogP contribution in [-0.2, 0) is 14.8 Å². The molecule has 0 aliphatic rings. The summed E-state index contributed by atoms with van der Waals surface area (Å²) < 4.78 is 30.1. The molecule has 0 spiro atoms. The maximum atomic E-state index is 12.3. The average molecular weight is 394 g/mol. The smallest absolute Gasteiger partial charge is 0.245 e. The van der Waals surface area contributed by atoms with Crippen LogP contribution >= 0.6 is 11.6 Å². The van der Waals surface area contributed by atoms with Crippen LogP contribution < -0.4 is 14.4 Å². The third-order valence-electron chi connectivity index (χ3n) is 3.41. The highest BCUT2D eigenvalue weighted by molar-refractivity contribution is 7.92. The molecule has 0 saturated heterocycles. The lowest BCUT2D eigenvalue weighted by molar-refractivity contribution is -0.114. The van der Waals surface area contributed by atoms with E-state index in [-0.39, 0.29) is 5.69 Å². The van der Waals surface area contributed by atoms with Crippen LogP contribution in [0, 0.1) is 11.3 Å². The summed E-state index contributed by atoms with van der Waals surface area (Å²) in [5, 5.41) is 11.7. The second kappa shape index (κ2) is 8.08. The number of nitriles is 1. The van der Waals surface area contributed by atoms with Gasteiger partial charge in [0.05, 0.1) is 35.7 Å². The van der Waals surface area contributed by atoms with E-state index in [0.717, 1.165) is 10.6 Å². The van der Waals surface area contributed by atoms with Gasteiger partial charge in [0, 0.05) is 5.69 Å². The number of ether oxygens (including phenoxy) is 1. The minimum absolute atomic E-state index is 0.286. The molecule has 0 atom stereocenters. The maximum Gasteiger partial charge on any atom is 0.245 e. The first kappa shape index (κ1) is 19.6. The van der Waals surface area contributed by atoms with E-state index in [9.17, 15) is 13.2 Å². The van der Waals surface area contributed by atoms with Crippen molar-refractivity contribution in [2.75, 3.05) is 29.5 Å². The van der Waals surface area contributed by atoms with E-state index in [1.807, 2.05) is 6.07 Å². The predicted octanol–water partition coefficient (Wildman–Crippen LogP) is 2.62. The highest BCUT2D eigenvalue weighted by atomic mass is 35.5. The number of hydrogen-bond donors (Lipinski definition) is 1. The SMILES string of the molecule is COc1ccc(NC(=O)CN(c2ccc(C#N)cc2)S(C)(=O)=O)cc1Cl. The molecule has 9 heteroatoms. The van der Waals surface area contributed by atoms with Crippen LogP contribution in [0.15, 0.2) is 42.5 Å². The molecule has 0 saturated carbocycles. The number of halogens is 1.